The lowest BCUT2D eigenvalue weighted by atomic mass is 9.89. The van der Waals surface area contributed by atoms with E-state index in [-0.39, 0.29) is 112 Å². The van der Waals surface area contributed by atoms with E-state index in [0.29, 0.717) is 74.8 Å². The molecule has 0 bridgehead atoms. The van der Waals surface area contributed by atoms with Gasteiger partial charge in [-0.15, -0.1) is 0 Å². The van der Waals surface area contributed by atoms with Gasteiger partial charge >= 0.3 is 24.1 Å². The van der Waals surface area contributed by atoms with Crippen molar-refractivity contribution in [3.05, 3.63) is 65.7 Å². The highest BCUT2D eigenvalue weighted by molar-refractivity contribution is 6.02. The highest BCUT2D eigenvalue weighted by Crippen LogP contribution is 2.31. The van der Waals surface area contributed by atoms with Crippen molar-refractivity contribution in [1.82, 2.24) is 56.8 Å². The van der Waals surface area contributed by atoms with Crippen LogP contribution in [0.1, 0.15) is 190 Å². The van der Waals surface area contributed by atoms with Gasteiger partial charge in [0.15, 0.2) is 0 Å². The Labute approximate surface area is 665 Å². The first-order valence-electron chi connectivity index (χ1n) is 39.3. The maximum absolute atomic E-state index is 14.8. The van der Waals surface area contributed by atoms with Gasteiger partial charge in [-0.1, -0.05) is 131 Å². The van der Waals surface area contributed by atoms with Crippen molar-refractivity contribution in [2.75, 3.05) is 59.8 Å². The Kier molecular flexibility index (Phi) is 42.5. The molecule has 113 heavy (non-hydrogen) atoms. The van der Waals surface area contributed by atoms with Crippen LogP contribution in [0, 0.1) is 35.5 Å². The highest BCUT2D eigenvalue weighted by Gasteiger charge is 2.44. The van der Waals surface area contributed by atoms with Crippen molar-refractivity contribution in [2.45, 2.75) is 252 Å². The SMILES string of the molecule is CC(C)[C@H](N)C(=O)N[C@@H](CCCNC(N)=O)C(=O)O.CC[C@H](C)[C@@H]([C@@H](CC(=O)N1CCC[C@H]1[C@H](OC)[C@@H](C)C(=O)N[C@H](C)[C@@H](O)c1ccccc1)OC)N(C)C(=O)[C@@H](NC(=O)[C@H](C(C)C)N(C)C(=O)OCc1ccc(NC(=O)[C@H](CCCNC(N)=O)NC(=O)[C@@H](NC(=O)CCCCCN2C(=O)CCC2=O)C(C)C)cc1)C(C)C. The number of anilines is 1. The van der Waals surface area contributed by atoms with Crippen LogP contribution < -0.4 is 59.7 Å². The number of urea groups is 2. The van der Waals surface area contributed by atoms with Gasteiger partial charge in [0, 0.05) is 79.4 Å². The monoisotopic (exact) mass is 1590 g/mol. The second-order valence-corrected chi connectivity index (χ2v) is 30.6. The number of nitrogens with one attached hydrogen (secondary N) is 8. The minimum absolute atomic E-state index is 0.0778. The number of hydrogen-bond donors (Lipinski definition) is 13. The van der Waals surface area contributed by atoms with E-state index in [9.17, 15) is 72.2 Å². The molecule has 0 aromatic heterocycles. The summed E-state index contributed by atoms with van der Waals surface area (Å²) in [6, 6.07) is 6.34. The fourth-order valence-corrected chi connectivity index (χ4v) is 13.6. The van der Waals surface area contributed by atoms with Crippen LogP contribution in [0.25, 0.3) is 0 Å². The van der Waals surface area contributed by atoms with E-state index in [1.54, 1.807) is 122 Å². The summed E-state index contributed by atoms with van der Waals surface area (Å²) in [7, 11) is 6.08. The zero-order chi connectivity index (χ0) is 85.1. The first-order chi connectivity index (χ1) is 53.2. The van der Waals surface area contributed by atoms with Crippen molar-refractivity contribution in [3.63, 3.8) is 0 Å². The predicted octanol–water partition coefficient (Wildman–Crippen LogP) is 4.29. The van der Waals surface area contributed by atoms with E-state index in [4.69, 9.17) is 36.5 Å². The largest absolute Gasteiger partial charge is 0.480 e. The number of carbonyl (C=O) groups is 14. The number of nitrogens with two attached hydrogens (primary N) is 3. The van der Waals surface area contributed by atoms with Crippen molar-refractivity contribution in [3.8, 4) is 0 Å². The van der Waals surface area contributed by atoms with Crippen LogP contribution in [0.4, 0.5) is 20.1 Å². The second-order valence-electron chi connectivity index (χ2n) is 30.6. The summed E-state index contributed by atoms with van der Waals surface area (Å²) in [5.41, 5.74) is 17.3. The minimum atomic E-state index is -1.14. The van der Waals surface area contributed by atoms with E-state index >= 15 is 0 Å². The fourth-order valence-electron chi connectivity index (χ4n) is 13.6. The summed E-state index contributed by atoms with van der Waals surface area (Å²) in [4.78, 5) is 186. The summed E-state index contributed by atoms with van der Waals surface area (Å²) >= 11 is 0. The van der Waals surface area contributed by atoms with Gasteiger partial charge in [-0.2, -0.15) is 0 Å². The van der Waals surface area contributed by atoms with Crippen LogP contribution in [0.5, 0.6) is 0 Å². The molecule has 0 aliphatic carbocycles. The van der Waals surface area contributed by atoms with Gasteiger partial charge in [-0.25, -0.2) is 19.2 Å². The molecule has 16 N–H and O–H groups in total. The van der Waals surface area contributed by atoms with Gasteiger partial charge in [-0.3, -0.25) is 57.7 Å². The van der Waals surface area contributed by atoms with E-state index in [2.05, 4.69) is 42.5 Å². The van der Waals surface area contributed by atoms with E-state index in [0.717, 1.165) is 0 Å². The Morgan fingerprint density at radius 1 is 0.628 bits per heavy atom. The number of carboxylic acid groups (broad SMARTS) is 1. The minimum Gasteiger partial charge on any atom is -0.480 e. The van der Waals surface area contributed by atoms with E-state index in [1.165, 1.54) is 31.1 Å². The zero-order valence-corrected chi connectivity index (χ0v) is 68.9. The molecule has 2 heterocycles. The number of unbranched alkanes of at least 4 members (excludes halogenated alkanes) is 2. The number of amides is 15. The Morgan fingerprint density at radius 2 is 1.20 bits per heavy atom. The van der Waals surface area contributed by atoms with Crippen LogP contribution in [-0.2, 0) is 73.6 Å². The number of hydrogen-bond acceptors (Lipinski definition) is 19. The fraction of sp³-hybridized carbons (Fsp3) is 0.671. The van der Waals surface area contributed by atoms with Gasteiger partial charge in [0.2, 0.25) is 59.1 Å². The molecule has 0 spiro atoms. The summed E-state index contributed by atoms with van der Waals surface area (Å²) < 4.78 is 17.8. The molecule has 4 rings (SSSR count). The highest BCUT2D eigenvalue weighted by atomic mass is 16.6. The van der Waals surface area contributed by atoms with Crippen LogP contribution in [0.3, 0.4) is 0 Å². The lowest BCUT2D eigenvalue weighted by Crippen LogP contribution is -2.60. The Hall–Kier alpha value is -9.54. The van der Waals surface area contributed by atoms with Crippen molar-refractivity contribution in [2.24, 2.45) is 52.7 Å². The summed E-state index contributed by atoms with van der Waals surface area (Å²) in [5.74, 6) is -7.33. The van der Waals surface area contributed by atoms with Crippen molar-refractivity contribution < 1.29 is 91.5 Å². The number of carbonyl (C=O) groups excluding carboxylic acids is 13. The quantitative estimate of drug-likeness (QED) is 0.0325. The second kappa shape index (κ2) is 49.2. The van der Waals surface area contributed by atoms with E-state index < -0.39 is 144 Å². The topological polar surface area (TPSA) is 494 Å². The third-order valence-electron chi connectivity index (χ3n) is 20.6. The third-order valence-corrected chi connectivity index (χ3v) is 20.6. The maximum atomic E-state index is 14.8. The molecule has 634 valence electrons. The predicted molar refractivity (Wildman–Crippen MR) is 423 cm³/mol. The molecule has 2 aliphatic rings. The molecule has 34 heteroatoms. The Bertz CT molecular complexity index is 3420. The first kappa shape index (κ1) is 97.7. The van der Waals surface area contributed by atoms with Crippen LogP contribution >= 0.6 is 0 Å². The summed E-state index contributed by atoms with van der Waals surface area (Å²) in [5, 5.41) is 41.3. The van der Waals surface area contributed by atoms with Crippen LogP contribution in [-0.4, -0.2) is 234 Å². The molecule has 0 unspecified atom stereocenters. The molecule has 2 aromatic rings. The first-order valence-corrected chi connectivity index (χ1v) is 39.3. The maximum Gasteiger partial charge on any atom is 0.410 e. The van der Waals surface area contributed by atoms with Gasteiger partial charge < -0.3 is 94.0 Å². The number of ether oxygens (including phenoxy) is 3. The lowest BCUT2D eigenvalue weighted by molar-refractivity contribution is -0.148. The number of rotatable bonds is 46. The number of aliphatic hydroxyl groups excluding tert-OH is 1. The number of aliphatic hydroxyl groups is 1. The number of carboxylic acids is 1. The number of aliphatic carboxylic acids is 1. The normalized spacial score (nSPS) is 16.9. The molecule has 34 nitrogen and oxygen atoms in total. The number of nitrogens with zero attached hydrogens (tertiary/aromatic N) is 4. The van der Waals surface area contributed by atoms with Crippen LogP contribution in [0.2, 0.25) is 0 Å². The molecule has 14 atom stereocenters. The molecular formula is C79H129N15O19. The van der Waals surface area contributed by atoms with Crippen LogP contribution in [0.15, 0.2) is 54.6 Å². The number of methoxy groups -OCH3 is 2. The Morgan fingerprint density at radius 3 is 1.73 bits per heavy atom. The van der Waals surface area contributed by atoms with Gasteiger partial charge in [-0.05, 0) is 111 Å². The zero-order valence-electron chi connectivity index (χ0n) is 68.9. The number of benzene rings is 2. The average Bonchev–Trinajstić information content (AvgIpc) is 1.75. The van der Waals surface area contributed by atoms with Gasteiger partial charge in [0.1, 0.15) is 36.8 Å². The molecule has 2 aliphatic heterocycles. The van der Waals surface area contributed by atoms with Crippen molar-refractivity contribution >= 4 is 88.9 Å². The summed E-state index contributed by atoms with van der Waals surface area (Å²) in [6.07, 6.45) is 1.63. The molecule has 2 saturated heterocycles. The number of imide groups is 1. The average molecular weight is 1590 g/mol. The standard InChI is InChI=1S/C68H107N11O15.C11H22N4O4/c1-15-43(8)59(51(92-13)38-55(83)78-37-23-27-50(78)61(93-14)44(9)62(85)71-45(10)60(84)47-24-18-16-19-25-47)76(11)66(89)57(41(4)5)75-65(88)58(42(6)7)77(12)68(91)94-39-46-29-31-48(32-30-46)72-63(86)49(26-22-35-70-67(69)90)73-64(87)56(40(2)3)74-52(80)28-20-17-21-36-79-53(81)33-34-54(79)82;1-6(2)8(12)9(16)15-7(10(17)18)4-3-5-14-11(13)19/h16,18-19,24-25,29-32,40-45,49-51,56-61,84H,15,17,20-23,26-28,33-39H2,1-14H3,(H,71,85)(H,72,86)(H,73,87)(H,74,80)(H,75,88)(H3,69,70,90);6-8H,3-5,12H2,1-2H3,(H,15,16)(H,17,18)(H3,13,14,19)/t43-,44+,45+,49-,50-,51+,56-,57-,58-,59-,60+,61+;7-,8-/m00/s1. The third kappa shape index (κ3) is 31.8. The lowest BCUT2D eigenvalue weighted by Gasteiger charge is -2.41. The molecule has 2 fully saturated rings. The molecule has 2 aromatic carbocycles. The van der Waals surface area contributed by atoms with Gasteiger partial charge in [0.25, 0.3) is 0 Å². The smallest absolute Gasteiger partial charge is 0.410 e. The van der Waals surface area contributed by atoms with Crippen molar-refractivity contribution in [1.29, 1.82) is 0 Å². The number of likely N-dealkylation sites (tertiary alicyclic amines) is 2. The number of primary amides is 2. The number of likely N-dealkylation sites (N-methyl/N-ethyl adjacent to an activating group) is 2. The molecule has 0 radical (unpaired) electrons. The molecule has 0 saturated carbocycles. The summed E-state index contributed by atoms with van der Waals surface area (Å²) in [6.45, 7) is 22.5. The van der Waals surface area contributed by atoms with Gasteiger partial charge in [0.05, 0.1) is 54.8 Å². The Balaban J connectivity index is 0.00000152. The molecule has 15 amide bonds. The van der Waals surface area contributed by atoms with E-state index in [1.807, 2.05) is 32.0 Å². The molecular weight excluding hydrogens is 1460 g/mol.